The zero-order chi connectivity index (χ0) is 17.8. The topological polar surface area (TPSA) is 63.4 Å². The summed E-state index contributed by atoms with van der Waals surface area (Å²) >= 11 is 0. The third kappa shape index (κ3) is 3.98. The van der Waals surface area contributed by atoms with Crippen molar-refractivity contribution in [3.8, 4) is 6.07 Å². The van der Waals surface area contributed by atoms with Crippen molar-refractivity contribution in [2.24, 2.45) is 0 Å². The van der Waals surface area contributed by atoms with Gasteiger partial charge in [-0.3, -0.25) is 4.90 Å². The second-order valence-electron chi connectivity index (χ2n) is 6.63. The summed E-state index contributed by atoms with van der Waals surface area (Å²) in [5.41, 5.74) is 4.04. The summed E-state index contributed by atoms with van der Waals surface area (Å²) in [7, 11) is 0. The van der Waals surface area contributed by atoms with Crippen molar-refractivity contribution in [2.45, 2.75) is 20.0 Å². The van der Waals surface area contributed by atoms with Crippen molar-refractivity contribution in [3.05, 3.63) is 58.8 Å². The number of aromatic nitrogens is 1. The number of hydrogen-bond acceptors (Lipinski definition) is 5. The Morgan fingerprint density at radius 3 is 2.60 bits per heavy atom. The van der Waals surface area contributed by atoms with E-state index >= 15 is 0 Å². The summed E-state index contributed by atoms with van der Waals surface area (Å²) in [4.78, 5) is 8.78. The number of aliphatic hydroxyl groups is 1. The lowest BCUT2D eigenvalue weighted by Crippen LogP contribution is -2.48. The minimum atomic E-state index is -0.477. The molecule has 1 aromatic carbocycles. The number of nitrogens with zero attached hydrogens (tertiary/aromatic N) is 4. The Labute approximate surface area is 149 Å². The maximum atomic E-state index is 10.5. The van der Waals surface area contributed by atoms with Crippen molar-refractivity contribution in [1.82, 2.24) is 9.88 Å². The first-order chi connectivity index (χ1) is 12.1. The summed E-state index contributed by atoms with van der Waals surface area (Å²) in [6.45, 7) is 8.11. The number of piperazine rings is 1. The third-order valence-corrected chi connectivity index (χ3v) is 4.93. The van der Waals surface area contributed by atoms with E-state index in [2.05, 4.69) is 46.8 Å². The van der Waals surface area contributed by atoms with Crippen LogP contribution in [-0.4, -0.2) is 47.7 Å². The largest absolute Gasteiger partial charge is 0.387 e. The zero-order valence-corrected chi connectivity index (χ0v) is 14.8. The molecule has 130 valence electrons. The summed E-state index contributed by atoms with van der Waals surface area (Å²) in [6, 6.07) is 12.0. The first-order valence-electron chi connectivity index (χ1n) is 8.66. The van der Waals surface area contributed by atoms with E-state index in [-0.39, 0.29) is 0 Å². The van der Waals surface area contributed by atoms with Gasteiger partial charge in [0.25, 0.3) is 0 Å². The molecule has 0 saturated carbocycles. The second-order valence-corrected chi connectivity index (χ2v) is 6.63. The number of aliphatic hydroxyl groups excluding tert-OH is 1. The molecule has 3 rings (SSSR count). The quantitative estimate of drug-likeness (QED) is 0.929. The fourth-order valence-corrected chi connectivity index (χ4v) is 3.20. The predicted octanol–water partition coefficient (Wildman–Crippen LogP) is 2.43. The molecule has 1 N–H and O–H groups in total. The molecule has 5 heteroatoms. The molecule has 1 aliphatic heterocycles. The number of nitriles is 1. The number of pyridine rings is 1. The Morgan fingerprint density at radius 1 is 1.16 bits per heavy atom. The summed E-state index contributed by atoms with van der Waals surface area (Å²) < 4.78 is 0. The van der Waals surface area contributed by atoms with Gasteiger partial charge in [0.15, 0.2) is 0 Å². The van der Waals surface area contributed by atoms with E-state index in [0.29, 0.717) is 12.1 Å². The molecule has 1 saturated heterocycles. The van der Waals surface area contributed by atoms with Crippen molar-refractivity contribution < 1.29 is 5.11 Å². The van der Waals surface area contributed by atoms with Crippen LogP contribution in [0.3, 0.4) is 0 Å². The standard InChI is InChI=1S/C20H24N4O/c1-15-5-6-17(12-16(15)2)19(25)14-23-8-10-24(11-9-23)20-18(13-21)4-3-7-22-20/h3-7,12,19,25H,8-11,14H2,1-2H3. The molecule has 5 nitrogen and oxygen atoms in total. The van der Waals surface area contributed by atoms with Crippen LogP contribution < -0.4 is 4.90 Å². The zero-order valence-electron chi connectivity index (χ0n) is 14.8. The van der Waals surface area contributed by atoms with E-state index in [1.807, 2.05) is 6.07 Å². The molecule has 0 aliphatic carbocycles. The number of rotatable bonds is 4. The van der Waals surface area contributed by atoms with E-state index in [1.54, 1.807) is 18.3 Å². The van der Waals surface area contributed by atoms with E-state index in [1.165, 1.54) is 11.1 Å². The van der Waals surface area contributed by atoms with Gasteiger partial charge in [-0.2, -0.15) is 5.26 Å². The van der Waals surface area contributed by atoms with E-state index in [0.717, 1.165) is 37.6 Å². The first-order valence-corrected chi connectivity index (χ1v) is 8.66. The molecule has 1 fully saturated rings. The van der Waals surface area contributed by atoms with Gasteiger partial charge in [0.1, 0.15) is 11.9 Å². The molecule has 1 unspecified atom stereocenters. The minimum Gasteiger partial charge on any atom is -0.387 e. The Morgan fingerprint density at radius 2 is 1.92 bits per heavy atom. The number of benzene rings is 1. The highest BCUT2D eigenvalue weighted by atomic mass is 16.3. The predicted molar refractivity (Wildman–Crippen MR) is 98.5 cm³/mol. The van der Waals surface area contributed by atoms with Crippen LogP contribution in [0.4, 0.5) is 5.82 Å². The fourth-order valence-electron chi connectivity index (χ4n) is 3.20. The maximum absolute atomic E-state index is 10.5. The average molecular weight is 336 g/mol. The highest BCUT2D eigenvalue weighted by Gasteiger charge is 2.22. The van der Waals surface area contributed by atoms with Crippen LogP contribution >= 0.6 is 0 Å². The molecule has 0 spiro atoms. The van der Waals surface area contributed by atoms with Crippen LogP contribution in [0.1, 0.15) is 28.4 Å². The van der Waals surface area contributed by atoms with Gasteiger partial charge in [-0.15, -0.1) is 0 Å². The SMILES string of the molecule is Cc1ccc(C(O)CN2CCN(c3ncccc3C#N)CC2)cc1C. The van der Waals surface area contributed by atoms with Crippen LogP contribution in [0, 0.1) is 25.2 Å². The highest BCUT2D eigenvalue weighted by Crippen LogP contribution is 2.21. The normalized spacial score (nSPS) is 16.5. The monoisotopic (exact) mass is 336 g/mol. The van der Waals surface area contributed by atoms with Crippen molar-refractivity contribution >= 4 is 5.82 Å². The van der Waals surface area contributed by atoms with Gasteiger partial charge in [-0.1, -0.05) is 18.2 Å². The number of anilines is 1. The Bertz CT molecular complexity index is 776. The Hall–Kier alpha value is -2.42. The molecular weight excluding hydrogens is 312 g/mol. The molecule has 0 bridgehead atoms. The van der Waals surface area contributed by atoms with Gasteiger partial charge in [-0.05, 0) is 42.7 Å². The fraction of sp³-hybridized carbons (Fsp3) is 0.400. The van der Waals surface area contributed by atoms with Crippen molar-refractivity contribution in [2.75, 3.05) is 37.6 Å². The van der Waals surface area contributed by atoms with Crippen LogP contribution in [0.5, 0.6) is 0 Å². The van der Waals surface area contributed by atoms with Gasteiger partial charge in [-0.25, -0.2) is 4.98 Å². The van der Waals surface area contributed by atoms with Gasteiger partial charge >= 0.3 is 0 Å². The average Bonchev–Trinajstić information content (AvgIpc) is 2.64. The molecule has 0 amide bonds. The molecule has 1 aromatic heterocycles. The smallest absolute Gasteiger partial charge is 0.146 e. The molecule has 1 atom stereocenters. The lowest BCUT2D eigenvalue weighted by Gasteiger charge is -2.36. The van der Waals surface area contributed by atoms with Crippen LogP contribution in [-0.2, 0) is 0 Å². The van der Waals surface area contributed by atoms with Crippen LogP contribution in [0.15, 0.2) is 36.5 Å². The molecule has 25 heavy (non-hydrogen) atoms. The molecule has 0 radical (unpaired) electrons. The molecular formula is C20H24N4O. The van der Waals surface area contributed by atoms with Crippen LogP contribution in [0.25, 0.3) is 0 Å². The third-order valence-electron chi connectivity index (χ3n) is 4.93. The van der Waals surface area contributed by atoms with Gasteiger partial charge in [0.2, 0.25) is 0 Å². The summed E-state index contributed by atoms with van der Waals surface area (Å²) in [5, 5.41) is 19.8. The number of hydrogen-bond donors (Lipinski definition) is 1. The van der Waals surface area contributed by atoms with Crippen molar-refractivity contribution in [1.29, 1.82) is 5.26 Å². The summed E-state index contributed by atoms with van der Waals surface area (Å²) in [5.74, 6) is 0.763. The second kappa shape index (κ2) is 7.64. The Kier molecular flexibility index (Phi) is 5.32. The van der Waals surface area contributed by atoms with E-state index in [9.17, 15) is 10.4 Å². The van der Waals surface area contributed by atoms with E-state index < -0.39 is 6.10 Å². The summed E-state index contributed by atoms with van der Waals surface area (Å²) in [6.07, 6.45) is 1.25. The lowest BCUT2D eigenvalue weighted by atomic mass is 10.0. The number of β-amino-alcohol motifs (C(OH)–C–C–N with tert-alkyl or cyclic N) is 1. The van der Waals surface area contributed by atoms with Crippen LogP contribution in [0.2, 0.25) is 0 Å². The Balaban J connectivity index is 1.59. The highest BCUT2D eigenvalue weighted by molar-refractivity contribution is 5.53. The first kappa shape index (κ1) is 17.4. The minimum absolute atomic E-state index is 0.477. The molecule has 2 aromatic rings. The van der Waals surface area contributed by atoms with Gasteiger partial charge < -0.3 is 10.0 Å². The number of aryl methyl sites for hydroxylation is 2. The van der Waals surface area contributed by atoms with E-state index in [4.69, 9.17) is 0 Å². The maximum Gasteiger partial charge on any atom is 0.146 e. The molecule has 1 aliphatic rings. The van der Waals surface area contributed by atoms with Gasteiger partial charge in [0, 0.05) is 38.9 Å². The van der Waals surface area contributed by atoms with Gasteiger partial charge in [0.05, 0.1) is 11.7 Å². The lowest BCUT2D eigenvalue weighted by molar-refractivity contribution is 0.109. The molecule has 2 heterocycles. The van der Waals surface area contributed by atoms with Crippen molar-refractivity contribution in [3.63, 3.8) is 0 Å².